The molecule has 0 spiro atoms. The van der Waals surface area contributed by atoms with Gasteiger partial charge < -0.3 is 9.64 Å². The zero-order valence-corrected chi connectivity index (χ0v) is 19.1. The summed E-state index contributed by atoms with van der Waals surface area (Å²) in [7, 11) is 0. The van der Waals surface area contributed by atoms with Gasteiger partial charge in [-0.1, -0.05) is 42.8 Å². The number of carbonyl (C=O) groups is 4. The summed E-state index contributed by atoms with van der Waals surface area (Å²) in [6.45, 7) is 4.17. The summed E-state index contributed by atoms with van der Waals surface area (Å²) >= 11 is 0. The lowest BCUT2D eigenvalue weighted by Gasteiger charge is -2.22. The summed E-state index contributed by atoms with van der Waals surface area (Å²) in [5.74, 6) is -2.14. The molecule has 2 aromatic carbocycles. The molecule has 34 heavy (non-hydrogen) atoms. The Labute approximate surface area is 198 Å². The van der Waals surface area contributed by atoms with E-state index in [-0.39, 0.29) is 54.2 Å². The van der Waals surface area contributed by atoms with Crippen molar-refractivity contribution < 1.29 is 23.9 Å². The van der Waals surface area contributed by atoms with Crippen molar-refractivity contribution in [3.8, 4) is 5.75 Å². The van der Waals surface area contributed by atoms with E-state index in [1.54, 1.807) is 23.1 Å². The van der Waals surface area contributed by atoms with E-state index in [1.165, 1.54) is 11.0 Å². The van der Waals surface area contributed by atoms with Crippen molar-refractivity contribution in [3.05, 3.63) is 66.2 Å². The van der Waals surface area contributed by atoms with Crippen LogP contribution in [-0.4, -0.2) is 30.2 Å². The Bertz CT molecular complexity index is 1200. The Hall–Kier alpha value is -3.74. The summed E-state index contributed by atoms with van der Waals surface area (Å²) in [6, 6.07) is 14.0. The third-order valence-electron chi connectivity index (χ3n) is 6.97. The third-order valence-corrected chi connectivity index (χ3v) is 6.97. The van der Waals surface area contributed by atoms with Crippen molar-refractivity contribution in [1.29, 1.82) is 0 Å². The van der Waals surface area contributed by atoms with E-state index in [1.807, 2.05) is 50.3 Å². The van der Waals surface area contributed by atoms with E-state index in [2.05, 4.69) is 0 Å². The summed E-state index contributed by atoms with van der Waals surface area (Å²) in [5, 5.41) is 0. The summed E-state index contributed by atoms with van der Waals surface area (Å²) in [4.78, 5) is 54.2. The van der Waals surface area contributed by atoms with Crippen LogP contribution in [0.25, 0.3) is 0 Å². The number of fused-ring (bicyclic) bond motifs is 1. The maximum atomic E-state index is 13.1. The number of anilines is 2. The number of aryl methyl sites for hydroxylation is 1. The van der Waals surface area contributed by atoms with Crippen molar-refractivity contribution in [2.45, 2.75) is 26.7 Å². The highest BCUT2D eigenvalue weighted by Gasteiger charge is 2.50. The first-order chi connectivity index (χ1) is 16.3. The summed E-state index contributed by atoms with van der Waals surface area (Å²) in [6.07, 6.45) is 4.57. The number of amides is 3. The Morgan fingerprint density at radius 3 is 2.50 bits per heavy atom. The van der Waals surface area contributed by atoms with Crippen molar-refractivity contribution in [2.24, 2.45) is 23.7 Å². The molecule has 3 aliphatic rings. The number of hydrogen-bond acceptors (Lipinski definition) is 5. The highest BCUT2D eigenvalue weighted by Crippen LogP contribution is 2.41. The van der Waals surface area contributed by atoms with Gasteiger partial charge in [-0.15, -0.1) is 0 Å². The van der Waals surface area contributed by atoms with Gasteiger partial charge in [0.1, 0.15) is 5.75 Å². The fourth-order valence-electron chi connectivity index (χ4n) is 5.13. The SMILES string of the molecule is Cc1ccc(N2C[C@H](C(=O)Oc3cccc(N4C(=O)[C@@H]5[C@@H](C)C=CC[C@H]5C4=O)c3)CC2=O)cc1. The molecule has 7 nitrogen and oxygen atoms in total. The number of rotatable bonds is 4. The number of nitrogens with zero attached hydrogens (tertiary/aromatic N) is 2. The molecule has 3 amide bonds. The monoisotopic (exact) mass is 458 g/mol. The van der Waals surface area contributed by atoms with Gasteiger partial charge in [-0.05, 0) is 43.5 Å². The summed E-state index contributed by atoms with van der Waals surface area (Å²) < 4.78 is 5.58. The van der Waals surface area contributed by atoms with E-state index >= 15 is 0 Å². The van der Waals surface area contributed by atoms with Crippen molar-refractivity contribution in [2.75, 3.05) is 16.3 Å². The largest absolute Gasteiger partial charge is 0.426 e. The van der Waals surface area contributed by atoms with Gasteiger partial charge in [0.25, 0.3) is 0 Å². The lowest BCUT2D eigenvalue weighted by molar-refractivity contribution is -0.139. The second-order valence-electron chi connectivity index (χ2n) is 9.33. The highest BCUT2D eigenvalue weighted by atomic mass is 16.5. The Kier molecular flexibility index (Phi) is 5.55. The zero-order chi connectivity index (χ0) is 24.0. The number of imide groups is 1. The van der Waals surface area contributed by atoms with Crippen LogP contribution in [0.3, 0.4) is 0 Å². The molecular formula is C27H26N2O5. The van der Waals surface area contributed by atoms with Crippen LogP contribution in [0.4, 0.5) is 11.4 Å². The molecule has 7 heteroatoms. The molecule has 0 unspecified atom stereocenters. The molecule has 2 saturated heterocycles. The Balaban J connectivity index is 1.30. The predicted molar refractivity (Wildman–Crippen MR) is 126 cm³/mol. The van der Waals surface area contributed by atoms with Crippen LogP contribution in [0.5, 0.6) is 5.75 Å². The normalized spacial score (nSPS) is 26.2. The van der Waals surface area contributed by atoms with Gasteiger partial charge in [-0.3, -0.25) is 19.2 Å². The number of ether oxygens (including phenoxy) is 1. The minimum absolute atomic E-state index is 0.00223. The molecule has 0 saturated carbocycles. The number of hydrogen-bond donors (Lipinski definition) is 0. The lowest BCUT2D eigenvalue weighted by Crippen LogP contribution is -2.31. The van der Waals surface area contributed by atoms with Crippen LogP contribution in [0.15, 0.2) is 60.7 Å². The van der Waals surface area contributed by atoms with E-state index < -0.39 is 11.9 Å². The molecule has 174 valence electrons. The predicted octanol–water partition coefficient (Wildman–Crippen LogP) is 3.66. The minimum Gasteiger partial charge on any atom is -0.426 e. The molecule has 2 heterocycles. The first kappa shape index (κ1) is 22.1. The lowest BCUT2D eigenvalue weighted by atomic mass is 9.78. The molecule has 1 aliphatic carbocycles. The molecule has 4 atom stereocenters. The fraction of sp³-hybridized carbons (Fsp3) is 0.333. The second-order valence-corrected chi connectivity index (χ2v) is 9.33. The number of benzene rings is 2. The topological polar surface area (TPSA) is 84.0 Å². The Morgan fingerprint density at radius 2 is 1.76 bits per heavy atom. The van der Waals surface area contributed by atoms with E-state index in [9.17, 15) is 19.2 Å². The number of carbonyl (C=O) groups excluding carboxylic acids is 4. The van der Waals surface area contributed by atoms with Gasteiger partial charge in [-0.2, -0.15) is 0 Å². The first-order valence-electron chi connectivity index (χ1n) is 11.6. The molecule has 0 radical (unpaired) electrons. The average Bonchev–Trinajstić information content (AvgIpc) is 3.33. The Morgan fingerprint density at radius 1 is 1.00 bits per heavy atom. The van der Waals surface area contributed by atoms with Crippen LogP contribution in [0.1, 0.15) is 25.3 Å². The molecule has 2 aliphatic heterocycles. The van der Waals surface area contributed by atoms with Gasteiger partial charge in [0.15, 0.2) is 0 Å². The third kappa shape index (κ3) is 3.81. The maximum absolute atomic E-state index is 13.1. The van der Waals surface area contributed by atoms with E-state index in [0.717, 1.165) is 11.3 Å². The van der Waals surface area contributed by atoms with Crippen molar-refractivity contribution in [1.82, 2.24) is 0 Å². The van der Waals surface area contributed by atoms with Gasteiger partial charge >= 0.3 is 5.97 Å². The highest BCUT2D eigenvalue weighted by molar-refractivity contribution is 6.22. The number of allylic oxidation sites excluding steroid dienone is 2. The maximum Gasteiger partial charge on any atom is 0.316 e. The van der Waals surface area contributed by atoms with E-state index in [4.69, 9.17) is 4.74 Å². The molecule has 5 rings (SSSR count). The van der Waals surface area contributed by atoms with Crippen LogP contribution in [-0.2, 0) is 19.2 Å². The van der Waals surface area contributed by atoms with Gasteiger partial charge in [0, 0.05) is 24.7 Å². The van der Waals surface area contributed by atoms with Crippen LogP contribution in [0, 0.1) is 30.6 Å². The molecule has 0 bridgehead atoms. The average molecular weight is 459 g/mol. The zero-order valence-electron chi connectivity index (χ0n) is 19.1. The standard InChI is InChI=1S/C27H26N2O5/c1-16-9-11-19(12-10-16)28-15-18(13-23(28)30)27(33)34-21-7-4-6-20(14-21)29-25(31)22-8-3-5-17(2)24(22)26(29)32/h3-7,9-12,14,17-18,22,24H,8,13,15H2,1-2H3/t17-,18+,22+,24+/m0/s1. The molecule has 2 aromatic rings. The van der Waals surface area contributed by atoms with Crippen LogP contribution < -0.4 is 14.5 Å². The number of esters is 1. The van der Waals surface area contributed by atoms with Gasteiger partial charge in [0.2, 0.25) is 17.7 Å². The van der Waals surface area contributed by atoms with Crippen LogP contribution >= 0.6 is 0 Å². The quantitative estimate of drug-likeness (QED) is 0.302. The smallest absolute Gasteiger partial charge is 0.316 e. The first-order valence-corrected chi connectivity index (χ1v) is 11.6. The molecule has 0 aromatic heterocycles. The fourth-order valence-corrected chi connectivity index (χ4v) is 5.13. The van der Waals surface area contributed by atoms with Crippen LogP contribution in [0.2, 0.25) is 0 Å². The second kappa shape index (κ2) is 8.56. The molecule has 0 N–H and O–H groups in total. The van der Waals surface area contributed by atoms with Gasteiger partial charge in [-0.25, -0.2) is 4.90 Å². The minimum atomic E-state index is -0.595. The summed E-state index contributed by atoms with van der Waals surface area (Å²) in [5.41, 5.74) is 2.24. The van der Waals surface area contributed by atoms with Crippen molar-refractivity contribution in [3.63, 3.8) is 0 Å². The van der Waals surface area contributed by atoms with E-state index in [0.29, 0.717) is 12.1 Å². The molecular weight excluding hydrogens is 432 g/mol. The van der Waals surface area contributed by atoms with Gasteiger partial charge in [0.05, 0.1) is 23.4 Å². The van der Waals surface area contributed by atoms with Crippen molar-refractivity contribution >= 4 is 35.1 Å². The molecule has 2 fully saturated rings.